The minimum absolute atomic E-state index is 0.125. The summed E-state index contributed by atoms with van der Waals surface area (Å²) >= 11 is 0. The van der Waals surface area contributed by atoms with Crippen LogP contribution in [0.3, 0.4) is 0 Å². The summed E-state index contributed by atoms with van der Waals surface area (Å²) in [4.78, 5) is 12.1. The molecule has 0 radical (unpaired) electrons. The van der Waals surface area contributed by atoms with E-state index < -0.39 is 23.3 Å². The molecule has 0 aromatic heterocycles. The third-order valence-corrected chi connectivity index (χ3v) is 5.33. The van der Waals surface area contributed by atoms with Gasteiger partial charge in [0.05, 0.1) is 6.61 Å². The van der Waals surface area contributed by atoms with Gasteiger partial charge < -0.3 is 15.2 Å². The molecular formula is C22H25F2NO3. The molecule has 1 aliphatic carbocycles. The minimum Gasteiger partial charge on any atom is -0.503 e. The normalized spacial score (nSPS) is 19.2. The fourth-order valence-electron chi connectivity index (χ4n) is 3.62. The summed E-state index contributed by atoms with van der Waals surface area (Å²) in [5.74, 6) is -1.99. The first kappa shape index (κ1) is 20.1. The highest BCUT2D eigenvalue weighted by molar-refractivity contribution is 5.94. The number of benzene rings is 2. The fourth-order valence-corrected chi connectivity index (χ4v) is 3.62. The molecule has 1 saturated carbocycles. The second kappa shape index (κ2) is 9.53. The number of aromatic hydroxyl groups is 1. The Hall–Kier alpha value is -2.63. The fraction of sp³-hybridized carbons (Fsp3) is 0.409. The van der Waals surface area contributed by atoms with Gasteiger partial charge in [-0.2, -0.15) is 0 Å². The van der Waals surface area contributed by atoms with Crippen LogP contribution in [0.25, 0.3) is 0 Å². The van der Waals surface area contributed by atoms with Crippen molar-refractivity contribution in [3.63, 3.8) is 0 Å². The maximum Gasteiger partial charge on any atom is 0.251 e. The van der Waals surface area contributed by atoms with E-state index in [1.54, 1.807) is 0 Å². The van der Waals surface area contributed by atoms with E-state index in [4.69, 9.17) is 9.84 Å². The predicted molar refractivity (Wildman–Crippen MR) is 102 cm³/mol. The minimum atomic E-state index is -1.14. The lowest BCUT2D eigenvalue weighted by molar-refractivity contribution is 0.0939. The molecular weight excluding hydrogens is 364 g/mol. The smallest absolute Gasteiger partial charge is 0.251 e. The van der Waals surface area contributed by atoms with Gasteiger partial charge in [-0.25, -0.2) is 8.78 Å². The molecule has 6 heteroatoms. The average molecular weight is 389 g/mol. The lowest BCUT2D eigenvalue weighted by atomic mass is 9.80. The highest BCUT2D eigenvalue weighted by Crippen LogP contribution is 2.30. The molecule has 4 nitrogen and oxygen atoms in total. The SMILES string of the molecule is O=C(NC[C@H]1CC[C@@H](CCOc2ccccc2)CC1)c1cc(F)c(O)c(F)c1. The van der Waals surface area contributed by atoms with Crippen LogP contribution in [-0.2, 0) is 0 Å². The van der Waals surface area contributed by atoms with E-state index in [-0.39, 0.29) is 5.56 Å². The lowest BCUT2D eigenvalue weighted by Gasteiger charge is -2.28. The highest BCUT2D eigenvalue weighted by Gasteiger charge is 2.22. The molecule has 0 aliphatic heterocycles. The van der Waals surface area contributed by atoms with Crippen LogP contribution >= 0.6 is 0 Å². The number of halogens is 2. The zero-order chi connectivity index (χ0) is 19.9. The van der Waals surface area contributed by atoms with Gasteiger partial charge in [-0.05, 0) is 68.2 Å². The zero-order valence-electron chi connectivity index (χ0n) is 15.7. The molecule has 1 fully saturated rings. The van der Waals surface area contributed by atoms with E-state index in [0.29, 0.717) is 25.0 Å². The number of carbonyl (C=O) groups excluding carboxylic acids is 1. The number of para-hydroxylation sites is 1. The van der Waals surface area contributed by atoms with E-state index in [0.717, 1.165) is 50.0 Å². The summed E-state index contributed by atoms with van der Waals surface area (Å²) < 4.78 is 32.5. The summed E-state index contributed by atoms with van der Waals surface area (Å²) in [7, 11) is 0. The van der Waals surface area contributed by atoms with Crippen molar-refractivity contribution in [2.45, 2.75) is 32.1 Å². The van der Waals surface area contributed by atoms with Crippen molar-refractivity contribution in [1.82, 2.24) is 5.32 Å². The number of ether oxygens (including phenoxy) is 1. The van der Waals surface area contributed by atoms with Crippen LogP contribution in [0.5, 0.6) is 11.5 Å². The molecule has 28 heavy (non-hydrogen) atoms. The van der Waals surface area contributed by atoms with Gasteiger partial charge in [0.1, 0.15) is 5.75 Å². The maximum atomic E-state index is 13.4. The number of rotatable bonds is 7. The molecule has 1 aliphatic rings. The highest BCUT2D eigenvalue weighted by atomic mass is 19.1. The molecule has 0 atom stereocenters. The Kier molecular flexibility index (Phi) is 6.85. The summed E-state index contributed by atoms with van der Waals surface area (Å²) in [5.41, 5.74) is -0.125. The Morgan fingerprint density at radius 3 is 2.29 bits per heavy atom. The van der Waals surface area contributed by atoms with E-state index >= 15 is 0 Å². The van der Waals surface area contributed by atoms with Crippen molar-refractivity contribution >= 4 is 5.91 Å². The van der Waals surface area contributed by atoms with E-state index in [1.807, 2.05) is 30.3 Å². The molecule has 0 heterocycles. The van der Waals surface area contributed by atoms with Crippen molar-refractivity contribution < 1.29 is 23.4 Å². The Balaban J connectivity index is 1.37. The topological polar surface area (TPSA) is 58.6 Å². The average Bonchev–Trinajstić information content (AvgIpc) is 2.71. The molecule has 3 rings (SSSR count). The molecule has 150 valence electrons. The Morgan fingerprint density at radius 1 is 1.04 bits per heavy atom. The van der Waals surface area contributed by atoms with E-state index in [9.17, 15) is 13.6 Å². The van der Waals surface area contributed by atoms with Gasteiger partial charge in [-0.1, -0.05) is 18.2 Å². The lowest BCUT2D eigenvalue weighted by Crippen LogP contribution is -2.31. The molecule has 2 aromatic carbocycles. The van der Waals surface area contributed by atoms with Crippen molar-refractivity contribution in [2.24, 2.45) is 11.8 Å². The summed E-state index contributed by atoms with van der Waals surface area (Å²) in [5, 5.41) is 11.9. The van der Waals surface area contributed by atoms with Crippen LogP contribution in [0.2, 0.25) is 0 Å². The number of phenols is 1. The summed E-state index contributed by atoms with van der Waals surface area (Å²) in [6.07, 6.45) is 5.20. The molecule has 2 N–H and O–H groups in total. The zero-order valence-corrected chi connectivity index (χ0v) is 15.7. The number of amides is 1. The first-order valence-corrected chi connectivity index (χ1v) is 9.67. The van der Waals surface area contributed by atoms with Crippen molar-refractivity contribution in [1.29, 1.82) is 0 Å². The van der Waals surface area contributed by atoms with Gasteiger partial charge in [0.25, 0.3) is 5.91 Å². The number of carbonyl (C=O) groups is 1. The molecule has 1 amide bonds. The van der Waals surface area contributed by atoms with Gasteiger partial charge in [0.2, 0.25) is 0 Å². The molecule has 0 saturated heterocycles. The van der Waals surface area contributed by atoms with Gasteiger partial charge in [0, 0.05) is 12.1 Å². The van der Waals surface area contributed by atoms with Crippen molar-refractivity contribution in [3.05, 3.63) is 59.7 Å². The van der Waals surface area contributed by atoms with Gasteiger partial charge >= 0.3 is 0 Å². The van der Waals surface area contributed by atoms with Gasteiger partial charge in [-0.15, -0.1) is 0 Å². The third kappa shape index (κ3) is 5.44. The van der Waals surface area contributed by atoms with Gasteiger partial charge in [0.15, 0.2) is 17.4 Å². The van der Waals surface area contributed by atoms with Crippen molar-refractivity contribution in [3.8, 4) is 11.5 Å². The van der Waals surface area contributed by atoms with Crippen molar-refractivity contribution in [2.75, 3.05) is 13.2 Å². The van der Waals surface area contributed by atoms with Crippen LogP contribution in [0.1, 0.15) is 42.5 Å². The molecule has 0 spiro atoms. The molecule has 2 aromatic rings. The van der Waals surface area contributed by atoms with E-state index in [2.05, 4.69) is 5.32 Å². The van der Waals surface area contributed by atoms with E-state index in [1.165, 1.54) is 0 Å². The maximum absolute atomic E-state index is 13.4. The van der Waals surface area contributed by atoms with Gasteiger partial charge in [-0.3, -0.25) is 4.79 Å². The quantitative estimate of drug-likeness (QED) is 0.723. The second-order valence-electron chi connectivity index (χ2n) is 7.34. The first-order chi connectivity index (χ1) is 13.5. The summed E-state index contributed by atoms with van der Waals surface area (Å²) in [6.45, 7) is 1.18. The van der Waals surface area contributed by atoms with Crippen LogP contribution in [-0.4, -0.2) is 24.2 Å². The largest absolute Gasteiger partial charge is 0.503 e. The second-order valence-corrected chi connectivity index (χ2v) is 7.34. The summed E-state index contributed by atoms with van der Waals surface area (Å²) in [6, 6.07) is 11.5. The number of hydrogen-bond acceptors (Lipinski definition) is 3. The third-order valence-electron chi connectivity index (χ3n) is 5.33. The van der Waals surface area contributed by atoms with Crippen LogP contribution in [0.15, 0.2) is 42.5 Å². The molecule has 0 bridgehead atoms. The molecule has 0 unspecified atom stereocenters. The van der Waals surface area contributed by atoms with Crippen LogP contribution in [0, 0.1) is 23.5 Å². The predicted octanol–water partition coefficient (Wildman–Crippen LogP) is 4.68. The number of nitrogens with one attached hydrogen (secondary N) is 1. The Morgan fingerprint density at radius 2 is 1.64 bits per heavy atom. The Bertz CT molecular complexity index is 767. The van der Waals surface area contributed by atoms with Crippen LogP contribution < -0.4 is 10.1 Å². The number of phenolic OH excluding ortho intramolecular Hbond substituents is 1. The number of hydrogen-bond donors (Lipinski definition) is 2. The monoisotopic (exact) mass is 389 g/mol. The van der Waals surface area contributed by atoms with Crippen LogP contribution in [0.4, 0.5) is 8.78 Å². The standard InChI is InChI=1S/C22H25F2NO3/c23-19-12-17(13-20(24)21(19)26)22(27)25-14-16-8-6-15(7-9-16)10-11-28-18-4-2-1-3-5-18/h1-5,12-13,15-16,26H,6-11,14H2,(H,25,27)/t15-,16+. The first-order valence-electron chi connectivity index (χ1n) is 9.67. The Labute approximate surface area is 163 Å².